The number of ether oxygens (including phenoxy) is 1. The Morgan fingerprint density at radius 2 is 1.98 bits per heavy atom. The minimum Gasteiger partial charge on any atom is -0.488 e. The average molecular weight is 565 g/mol. The minimum atomic E-state index is -1.41. The second-order valence-electron chi connectivity index (χ2n) is 9.53. The molecule has 40 heavy (non-hydrogen) atoms. The molecule has 9 nitrogen and oxygen atoms in total. The van der Waals surface area contributed by atoms with E-state index in [1.54, 1.807) is 42.1 Å². The van der Waals surface area contributed by atoms with E-state index in [9.17, 15) is 24.2 Å². The number of amides is 1. The van der Waals surface area contributed by atoms with Gasteiger partial charge in [-0.05, 0) is 48.9 Å². The Labute approximate surface area is 234 Å². The highest BCUT2D eigenvalue weighted by molar-refractivity contribution is 6.31. The Morgan fingerprint density at radius 3 is 2.73 bits per heavy atom. The molecular formula is C29H26ClFN4O5. The zero-order valence-corrected chi connectivity index (χ0v) is 22.4. The normalized spacial score (nSPS) is 12.8. The number of rotatable bonds is 8. The molecule has 0 bridgehead atoms. The Hall–Kier alpha value is -4.25. The number of benzene rings is 3. The number of nitrogens with one attached hydrogen (secondary N) is 1. The average Bonchev–Trinajstić information content (AvgIpc) is 3.26. The van der Waals surface area contributed by atoms with E-state index in [0.29, 0.717) is 16.3 Å². The Morgan fingerprint density at radius 1 is 1.20 bits per heavy atom. The fourth-order valence-corrected chi connectivity index (χ4v) is 4.91. The molecule has 0 fully saturated rings. The number of nitrogens with zero attached hydrogens (tertiary/aromatic N) is 3. The van der Waals surface area contributed by atoms with Gasteiger partial charge in [0.2, 0.25) is 5.91 Å². The molecule has 0 radical (unpaired) electrons. The number of aliphatic hydroxyl groups excluding tert-OH is 1. The van der Waals surface area contributed by atoms with Crippen molar-refractivity contribution in [1.29, 1.82) is 0 Å². The van der Waals surface area contributed by atoms with Crippen molar-refractivity contribution in [2.75, 3.05) is 11.9 Å². The van der Waals surface area contributed by atoms with Crippen LogP contribution in [0.3, 0.4) is 0 Å². The van der Waals surface area contributed by atoms with E-state index in [2.05, 4.69) is 10.4 Å². The molecule has 1 amide bonds. The number of carbonyl (C=O) groups is 2. The molecule has 1 aliphatic rings. The van der Waals surface area contributed by atoms with Crippen molar-refractivity contribution in [3.63, 3.8) is 0 Å². The van der Waals surface area contributed by atoms with Crippen LogP contribution in [0.1, 0.15) is 39.0 Å². The highest BCUT2D eigenvalue weighted by Gasteiger charge is 2.32. The van der Waals surface area contributed by atoms with E-state index in [0.717, 1.165) is 16.8 Å². The van der Waals surface area contributed by atoms with E-state index < -0.39 is 23.9 Å². The van der Waals surface area contributed by atoms with Crippen molar-refractivity contribution in [3.8, 4) is 17.0 Å². The maximum absolute atomic E-state index is 14.6. The first-order chi connectivity index (χ1) is 19.1. The lowest BCUT2D eigenvalue weighted by molar-refractivity contribution is -0.121. The smallest absolute Gasteiger partial charge is 0.335 e. The summed E-state index contributed by atoms with van der Waals surface area (Å²) in [5, 5.41) is 28.6. The summed E-state index contributed by atoms with van der Waals surface area (Å²) in [4.78, 5) is 25.8. The molecule has 1 unspecified atom stereocenters. The molecule has 3 N–H and O–H groups in total. The molecule has 4 aromatic rings. The fraction of sp³-hybridized carbons (Fsp3) is 0.207. The van der Waals surface area contributed by atoms with E-state index in [1.807, 2.05) is 13.0 Å². The first kappa shape index (κ1) is 27.3. The Balaban J connectivity index is 1.47. The second-order valence-corrected chi connectivity index (χ2v) is 9.93. The zero-order chi connectivity index (χ0) is 28.6. The van der Waals surface area contributed by atoms with Crippen LogP contribution in [0.25, 0.3) is 11.3 Å². The summed E-state index contributed by atoms with van der Waals surface area (Å²) in [5.74, 6) is -1.51. The van der Waals surface area contributed by atoms with Gasteiger partial charge in [-0.15, -0.1) is 0 Å². The van der Waals surface area contributed by atoms with Gasteiger partial charge in [-0.25, -0.2) is 9.18 Å². The second kappa shape index (κ2) is 11.1. The number of fused-ring (bicyclic) bond motifs is 3. The summed E-state index contributed by atoms with van der Waals surface area (Å²) in [6.45, 7) is 1.56. The third kappa shape index (κ3) is 5.42. The van der Waals surface area contributed by atoms with Crippen LogP contribution in [0.15, 0.2) is 60.7 Å². The number of anilines is 1. The zero-order valence-electron chi connectivity index (χ0n) is 21.7. The van der Waals surface area contributed by atoms with Crippen LogP contribution in [0.4, 0.5) is 10.1 Å². The lowest BCUT2D eigenvalue weighted by atomic mass is 10.00. The van der Waals surface area contributed by atoms with Gasteiger partial charge in [0, 0.05) is 41.0 Å². The molecule has 2 heterocycles. The van der Waals surface area contributed by atoms with Gasteiger partial charge in [-0.1, -0.05) is 35.9 Å². The van der Waals surface area contributed by atoms with Gasteiger partial charge in [-0.2, -0.15) is 5.10 Å². The predicted molar refractivity (Wildman–Crippen MR) is 147 cm³/mol. The largest absolute Gasteiger partial charge is 0.488 e. The third-order valence-corrected chi connectivity index (χ3v) is 7.13. The summed E-state index contributed by atoms with van der Waals surface area (Å²) >= 11 is 6.38. The quantitative estimate of drug-likeness (QED) is 0.260. The van der Waals surface area contributed by atoms with E-state index >= 15 is 0 Å². The number of hydrogen-bond acceptors (Lipinski definition) is 6. The molecule has 11 heteroatoms. The number of hydrogen-bond donors (Lipinski definition) is 3. The molecule has 0 saturated heterocycles. The highest BCUT2D eigenvalue weighted by atomic mass is 35.5. The monoisotopic (exact) mass is 564 g/mol. The predicted octanol–water partition coefficient (Wildman–Crippen LogP) is 4.91. The van der Waals surface area contributed by atoms with Crippen molar-refractivity contribution in [3.05, 3.63) is 99.5 Å². The molecule has 206 valence electrons. The maximum atomic E-state index is 14.6. The number of carboxylic acid groups (broad SMARTS) is 1. The molecule has 1 aromatic heterocycles. The van der Waals surface area contributed by atoms with E-state index in [-0.39, 0.29) is 42.2 Å². The van der Waals surface area contributed by atoms with E-state index in [4.69, 9.17) is 16.3 Å². The molecule has 0 aliphatic carbocycles. The van der Waals surface area contributed by atoms with Gasteiger partial charge in [-0.3, -0.25) is 14.4 Å². The van der Waals surface area contributed by atoms with Crippen molar-refractivity contribution < 1.29 is 28.9 Å². The number of carboxylic acids is 1. The lowest BCUT2D eigenvalue weighted by Crippen LogP contribution is -2.37. The summed E-state index contributed by atoms with van der Waals surface area (Å²) < 4.78 is 22.2. The van der Waals surface area contributed by atoms with E-state index in [1.165, 1.54) is 29.2 Å². The molecule has 5 rings (SSSR count). The van der Waals surface area contributed by atoms with Crippen LogP contribution in [0, 0.1) is 12.7 Å². The molecular weight excluding hydrogens is 539 g/mol. The first-order valence-electron chi connectivity index (χ1n) is 12.4. The summed E-state index contributed by atoms with van der Waals surface area (Å²) in [6.07, 6.45) is -1.41. The Bertz CT molecular complexity index is 1620. The fourth-order valence-electron chi connectivity index (χ4n) is 4.75. The standard InChI is InChI=1S/C29H26ClFN4O5/c1-16-10-24-20(12-22(16)30)27-21(15-40-24)26(33-34(27)2)28(37)35(13-18-6-3-4-9-23(18)31)14-25(36)32-19-8-5-7-17(11-19)29(38)39/h3-12,28,37H,13-15H2,1-2H3,(H,32,36)(H,38,39). The Kier molecular flexibility index (Phi) is 7.57. The van der Waals surface area contributed by atoms with Gasteiger partial charge >= 0.3 is 5.97 Å². The number of aliphatic hydroxyl groups is 1. The minimum absolute atomic E-state index is 0.0109. The number of carbonyl (C=O) groups excluding carboxylic acids is 1. The highest BCUT2D eigenvalue weighted by Crippen LogP contribution is 2.42. The van der Waals surface area contributed by atoms with Crippen LogP contribution in [0.2, 0.25) is 5.02 Å². The number of halogens is 2. The maximum Gasteiger partial charge on any atom is 0.335 e. The molecule has 3 aromatic carbocycles. The van der Waals surface area contributed by atoms with Crippen molar-refractivity contribution in [2.24, 2.45) is 7.05 Å². The van der Waals surface area contributed by atoms with Crippen molar-refractivity contribution in [2.45, 2.75) is 26.3 Å². The molecule has 1 atom stereocenters. The number of aromatic carboxylic acids is 1. The van der Waals surface area contributed by atoms with Crippen LogP contribution in [0.5, 0.6) is 5.75 Å². The van der Waals surface area contributed by atoms with Crippen LogP contribution >= 0.6 is 11.6 Å². The van der Waals surface area contributed by atoms with Crippen molar-refractivity contribution >= 4 is 29.2 Å². The third-order valence-electron chi connectivity index (χ3n) is 6.73. The number of aryl methyl sites for hydroxylation is 2. The van der Waals surface area contributed by atoms with Gasteiger partial charge < -0.3 is 20.3 Å². The summed E-state index contributed by atoms with van der Waals surface area (Å²) in [7, 11) is 1.74. The van der Waals surface area contributed by atoms with Gasteiger partial charge in [0.25, 0.3) is 0 Å². The van der Waals surface area contributed by atoms with Gasteiger partial charge in [0.1, 0.15) is 23.9 Å². The topological polar surface area (TPSA) is 117 Å². The van der Waals surface area contributed by atoms with Gasteiger partial charge in [0.05, 0.1) is 17.8 Å². The molecule has 1 aliphatic heterocycles. The first-order valence-corrected chi connectivity index (χ1v) is 12.8. The van der Waals surface area contributed by atoms with Crippen LogP contribution in [-0.2, 0) is 25.0 Å². The van der Waals surface area contributed by atoms with Crippen LogP contribution < -0.4 is 10.1 Å². The number of aromatic nitrogens is 2. The summed E-state index contributed by atoms with van der Waals surface area (Å²) in [6, 6.07) is 15.5. The lowest BCUT2D eigenvalue weighted by Gasteiger charge is -2.28. The van der Waals surface area contributed by atoms with Gasteiger partial charge in [0.15, 0.2) is 6.23 Å². The summed E-state index contributed by atoms with van der Waals surface area (Å²) in [5.41, 5.74) is 3.75. The SMILES string of the molecule is Cc1cc2c(cc1Cl)-c1c(c(C(O)N(CC(=O)Nc3cccc(C(=O)O)c3)Cc3ccccc3F)nn1C)CO2. The molecule has 0 spiro atoms. The van der Waals surface area contributed by atoms with Crippen LogP contribution in [-0.4, -0.2) is 43.3 Å². The van der Waals surface area contributed by atoms with Crippen molar-refractivity contribution in [1.82, 2.24) is 14.7 Å². The molecule has 0 saturated carbocycles.